The van der Waals surface area contributed by atoms with Crippen molar-refractivity contribution in [3.05, 3.63) is 0 Å². The first-order valence-electron chi connectivity index (χ1n) is 8.81. The van der Waals surface area contributed by atoms with Gasteiger partial charge in [0.15, 0.2) is 0 Å². The molecule has 0 spiro atoms. The molecule has 1 aliphatic carbocycles. The molecule has 1 aliphatic rings. The third-order valence-electron chi connectivity index (χ3n) is 5.00. The first-order chi connectivity index (χ1) is 11.0. The van der Waals surface area contributed by atoms with Crippen LogP contribution in [0.3, 0.4) is 0 Å². The topological polar surface area (TPSA) is 87.7 Å². The molecule has 2 amide bonds. The molecular weight excluding hydrogens is 296 g/mol. The number of rotatable bonds is 9. The molecule has 134 valence electrons. The average Bonchev–Trinajstić information content (AvgIpc) is 2.54. The van der Waals surface area contributed by atoms with E-state index in [0.29, 0.717) is 25.3 Å². The van der Waals surface area contributed by atoms with Crippen LogP contribution in [0.4, 0.5) is 4.79 Å². The predicted octanol–water partition coefficient (Wildman–Crippen LogP) is 2.77. The summed E-state index contributed by atoms with van der Waals surface area (Å²) in [5.41, 5.74) is 0. The van der Waals surface area contributed by atoms with Crippen molar-refractivity contribution in [1.82, 2.24) is 10.6 Å². The summed E-state index contributed by atoms with van der Waals surface area (Å²) >= 11 is 0. The zero-order valence-corrected chi connectivity index (χ0v) is 14.6. The molecule has 3 N–H and O–H groups in total. The number of hydrogen-bond donors (Lipinski definition) is 3. The monoisotopic (exact) mass is 328 g/mol. The molecule has 23 heavy (non-hydrogen) atoms. The summed E-state index contributed by atoms with van der Waals surface area (Å²) in [7, 11) is 1.73. The second-order valence-electron chi connectivity index (χ2n) is 6.43. The van der Waals surface area contributed by atoms with Gasteiger partial charge < -0.3 is 20.5 Å². The highest BCUT2D eigenvalue weighted by Crippen LogP contribution is 2.24. The van der Waals surface area contributed by atoms with Crippen molar-refractivity contribution in [2.45, 2.75) is 70.9 Å². The third kappa shape index (κ3) is 6.77. The maximum Gasteiger partial charge on any atom is 0.315 e. The van der Waals surface area contributed by atoms with Crippen LogP contribution in [0.5, 0.6) is 0 Å². The van der Waals surface area contributed by atoms with E-state index in [1.54, 1.807) is 7.11 Å². The van der Waals surface area contributed by atoms with Crippen molar-refractivity contribution >= 4 is 12.0 Å². The first kappa shape index (κ1) is 19.7. The van der Waals surface area contributed by atoms with E-state index in [1.807, 2.05) is 0 Å². The molecule has 0 saturated heterocycles. The summed E-state index contributed by atoms with van der Waals surface area (Å²) in [5, 5.41) is 14.8. The Morgan fingerprint density at radius 2 is 1.78 bits per heavy atom. The van der Waals surface area contributed by atoms with E-state index >= 15 is 0 Å². The number of ether oxygens (including phenoxy) is 1. The van der Waals surface area contributed by atoms with Crippen LogP contribution >= 0.6 is 0 Å². The molecule has 1 unspecified atom stereocenters. The van der Waals surface area contributed by atoms with E-state index in [1.165, 1.54) is 0 Å². The van der Waals surface area contributed by atoms with E-state index in [2.05, 4.69) is 24.5 Å². The first-order valence-corrected chi connectivity index (χ1v) is 8.81. The fourth-order valence-electron chi connectivity index (χ4n) is 3.41. The summed E-state index contributed by atoms with van der Waals surface area (Å²) in [4.78, 5) is 22.8. The Bertz CT molecular complexity index is 364. The number of amides is 2. The lowest BCUT2D eigenvalue weighted by Gasteiger charge is -2.27. The standard InChI is InChI=1S/C17H32N2O4/c1-4-12(5-2)15(23-3)10-11-18-17(22)19-14-8-6-13(7-9-14)16(20)21/h12-15H,4-11H2,1-3H3,(H,20,21)(H2,18,19,22). The Labute approximate surface area is 139 Å². The van der Waals surface area contributed by atoms with Crippen molar-refractivity contribution in [3.63, 3.8) is 0 Å². The third-order valence-corrected chi connectivity index (χ3v) is 5.00. The summed E-state index contributed by atoms with van der Waals surface area (Å²) < 4.78 is 5.53. The van der Waals surface area contributed by atoms with Gasteiger partial charge in [0.05, 0.1) is 12.0 Å². The molecule has 6 heteroatoms. The van der Waals surface area contributed by atoms with Crippen molar-refractivity contribution < 1.29 is 19.4 Å². The van der Waals surface area contributed by atoms with Gasteiger partial charge in [-0.2, -0.15) is 0 Å². The molecule has 1 rings (SSSR count). The van der Waals surface area contributed by atoms with Crippen molar-refractivity contribution in [1.29, 1.82) is 0 Å². The number of carboxylic acids is 1. The van der Waals surface area contributed by atoms with Gasteiger partial charge in [0.2, 0.25) is 0 Å². The maximum atomic E-state index is 11.9. The summed E-state index contributed by atoms with van der Waals surface area (Å²) in [6.07, 6.45) is 5.89. The lowest BCUT2D eigenvalue weighted by atomic mass is 9.86. The Kier molecular flexibility index (Phi) is 8.99. The SMILES string of the molecule is CCC(CC)C(CCNC(=O)NC1CCC(C(=O)O)CC1)OC. The van der Waals surface area contributed by atoms with Crippen molar-refractivity contribution in [2.75, 3.05) is 13.7 Å². The van der Waals surface area contributed by atoms with Gasteiger partial charge in [-0.15, -0.1) is 0 Å². The minimum atomic E-state index is -0.722. The quantitative estimate of drug-likeness (QED) is 0.607. The summed E-state index contributed by atoms with van der Waals surface area (Å²) in [5.74, 6) is -0.449. The Hall–Kier alpha value is -1.30. The molecule has 1 fully saturated rings. The molecule has 1 atom stereocenters. The number of urea groups is 1. The van der Waals surface area contributed by atoms with E-state index in [4.69, 9.17) is 9.84 Å². The van der Waals surface area contributed by atoms with Crippen LogP contribution < -0.4 is 10.6 Å². The minimum absolute atomic E-state index is 0.0860. The van der Waals surface area contributed by atoms with E-state index < -0.39 is 5.97 Å². The number of carbonyl (C=O) groups is 2. The van der Waals surface area contributed by atoms with Gasteiger partial charge in [-0.1, -0.05) is 26.7 Å². The fourth-order valence-corrected chi connectivity index (χ4v) is 3.41. The summed E-state index contributed by atoms with van der Waals surface area (Å²) in [6.45, 7) is 4.91. The molecule has 0 aromatic heterocycles. The fraction of sp³-hybridized carbons (Fsp3) is 0.882. The maximum absolute atomic E-state index is 11.9. The van der Waals surface area contributed by atoms with Crippen LogP contribution in [-0.4, -0.2) is 42.9 Å². The minimum Gasteiger partial charge on any atom is -0.481 e. The summed E-state index contributed by atoms with van der Waals surface area (Å²) in [6, 6.07) is -0.0778. The van der Waals surface area contributed by atoms with Gasteiger partial charge in [0, 0.05) is 19.7 Å². The smallest absolute Gasteiger partial charge is 0.315 e. The molecule has 0 bridgehead atoms. The largest absolute Gasteiger partial charge is 0.481 e. The molecule has 0 aromatic rings. The van der Waals surface area contributed by atoms with Crippen LogP contribution in [0.2, 0.25) is 0 Å². The lowest BCUT2D eigenvalue weighted by molar-refractivity contribution is -0.142. The van der Waals surface area contributed by atoms with Crippen LogP contribution in [0.25, 0.3) is 0 Å². The van der Waals surface area contributed by atoms with Gasteiger partial charge in [0.25, 0.3) is 0 Å². The molecule has 0 aromatic carbocycles. The van der Waals surface area contributed by atoms with Crippen LogP contribution in [-0.2, 0) is 9.53 Å². The Balaban J connectivity index is 2.23. The van der Waals surface area contributed by atoms with Crippen LogP contribution in [0, 0.1) is 11.8 Å². The van der Waals surface area contributed by atoms with E-state index in [-0.39, 0.29) is 24.1 Å². The van der Waals surface area contributed by atoms with Gasteiger partial charge in [-0.25, -0.2) is 4.79 Å². The van der Waals surface area contributed by atoms with Gasteiger partial charge in [-0.3, -0.25) is 4.79 Å². The molecule has 6 nitrogen and oxygen atoms in total. The highest BCUT2D eigenvalue weighted by molar-refractivity contribution is 5.74. The highest BCUT2D eigenvalue weighted by Gasteiger charge is 2.26. The normalized spacial score (nSPS) is 22.6. The average molecular weight is 328 g/mol. The van der Waals surface area contributed by atoms with Crippen LogP contribution in [0.1, 0.15) is 58.8 Å². The number of aliphatic carboxylic acids is 1. The molecular formula is C17H32N2O4. The number of carbonyl (C=O) groups excluding carboxylic acids is 1. The second-order valence-corrected chi connectivity index (χ2v) is 6.43. The van der Waals surface area contributed by atoms with E-state index in [9.17, 15) is 9.59 Å². The van der Waals surface area contributed by atoms with Crippen molar-refractivity contribution in [3.8, 4) is 0 Å². The van der Waals surface area contributed by atoms with Gasteiger partial charge in [-0.05, 0) is 38.0 Å². The van der Waals surface area contributed by atoms with Gasteiger partial charge in [0.1, 0.15) is 0 Å². The van der Waals surface area contributed by atoms with E-state index in [0.717, 1.165) is 32.1 Å². The highest BCUT2D eigenvalue weighted by atomic mass is 16.5. The zero-order valence-electron chi connectivity index (χ0n) is 14.6. The molecule has 0 radical (unpaired) electrons. The lowest BCUT2D eigenvalue weighted by Crippen LogP contribution is -2.45. The Morgan fingerprint density at radius 1 is 1.17 bits per heavy atom. The molecule has 1 saturated carbocycles. The van der Waals surface area contributed by atoms with Crippen LogP contribution in [0.15, 0.2) is 0 Å². The number of hydrogen-bond acceptors (Lipinski definition) is 3. The van der Waals surface area contributed by atoms with Crippen molar-refractivity contribution in [2.24, 2.45) is 11.8 Å². The molecule has 0 aliphatic heterocycles. The molecule has 0 heterocycles. The number of nitrogens with one attached hydrogen (secondary N) is 2. The predicted molar refractivity (Wildman–Crippen MR) is 89.4 cm³/mol. The van der Waals surface area contributed by atoms with Gasteiger partial charge >= 0.3 is 12.0 Å². The zero-order chi connectivity index (χ0) is 17.2. The second kappa shape index (κ2) is 10.5. The Morgan fingerprint density at radius 3 is 2.26 bits per heavy atom. The number of methoxy groups -OCH3 is 1. The number of carboxylic acid groups (broad SMARTS) is 1.